The molecule has 2 atom stereocenters. The molecule has 2 heterocycles. The van der Waals surface area contributed by atoms with Crippen molar-refractivity contribution < 1.29 is 32.9 Å². The normalized spacial score (nSPS) is 13.2. The molecule has 0 saturated heterocycles. The molecule has 4 aromatic rings. The molecule has 0 amide bonds. The lowest BCUT2D eigenvalue weighted by atomic mass is 10.0. The van der Waals surface area contributed by atoms with E-state index in [0.717, 1.165) is 29.2 Å². The van der Waals surface area contributed by atoms with Crippen LogP contribution in [0, 0.1) is 6.92 Å². The van der Waals surface area contributed by atoms with Gasteiger partial charge in [0.1, 0.15) is 22.9 Å². The second kappa shape index (κ2) is 10.6. The number of thiazole rings is 1. The van der Waals surface area contributed by atoms with Crippen molar-refractivity contribution >= 4 is 28.9 Å². The fourth-order valence-electron chi connectivity index (χ4n) is 3.52. The summed E-state index contributed by atoms with van der Waals surface area (Å²) in [6.07, 6.45) is -6.19. The predicted octanol–water partition coefficient (Wildman–Crippen LogP) is 5.22. The molecule has 0 fully saturated rings. The number of hydrogen-bond donors (Lipinski definition) is 3. The van der Waals surface area contributed by atoms with Gasteiger partial charge in [-0.15, -0.1) is 11.3 Å². The number of aliphatic hydroxyl groups excluding tert-OH is 2. The number of rotatable bonds is 7. The van der Waals surface area contributed by atoms with Gasteiger partial charge in [0.05, 0.1) is 18.4 Å². The Kier molecular flexibility index (Phi) is 7.52. The Morgan fingerprint density at radius 2 is 1.78 bits per heavy atom. The van der Waals surface area contributed by atoms with Gasteiger partial charge in [-0.25, -0.2) is 19.7 Å². The summed E-state index contributed by atoms with van der Waals surface area (Å²) in [5.41, 5.74) is 2.03. The zero-order valence-electron chi connectivity index (χ0n) is 19.5. The minimum Gasteiger partial charge on any atom is -0.465 e. The van der Waals surface area contributed by atoms with Crippen LogP contribution in [0.1, 0.15) is 44.4 Å². The fourth-order valence-corrected chi connectivity index (χ4v) is 4.36. The summed E-state index contributed by atoms with van der Waals surface area (Å²) < 4.78 is 43.6. The highest BCUT2D eigenvalue weighted by atomic mass is 32.1. The Morgan fingerprint density at radius 3 is 2.46 bits per heavy atom. The van der Waals surface area contributed by atoms with Gasteiger partial charge in [0.2, 0.25) is 5.95 Å². The van der Waals surface area contributed by atoms with E-state index < -0.39 is 30.0 Å². The molecule has 0 aliphatic carbocycles. The molecule has 8 nitrogen and oxygen atoms in total. The Labute approximate surface area is 213 Å². The van der Waals surface area contributed by atoms with Crippen LogP contribution in [-0.2, 0) is 10.9 Å². The molecular formula is C25H21F3N4O4S. The second-order valence-electron chi connectivity index (χ2n) is 8.05. The van der Waals surface area contributed by atoms with Crippen LogP contribution in [0.3, 0.4) is 0 Å². The molecule has 192 valence electrons. The summed E-state index contributed by atoms with van der Waals surface area (Å²) in [7, 11) is 1.27. The van der Waals surface area contributed by atoms with Crippen molar-refractivity contribution in [1.82, 2.24) is 15.0 Å². The van der Waals surface area contributed by atoms with Crippen molar-refractivity contribution in [2.75, 3.05) is 12.4 Å². The third kappa shape index (κ3) is 6.10. The van der Waals surface area contributed by atoms with Crippen LogP contribution in [-0.4, -0.2) is 38.2 Å². The molecule has 0 aliphatic heterocycles. The van der Waals surface area contributed by atoms with E-state index in [1.807, 2.05) is 13.0 Å². The monoisotopic (exact) mass is 530 g/mol. The largest absolute Gasteiger partial charge is 0.465 e. The van der Waals surface area contributed by atoms with Gasteiger partial charge in [0.15, 0.2) is 0 Å². The quantitative estimate of drug-likeness (QED) is 0.278. The van der Waals surface area contributed by atoms with E-state index in [9.17, 15) is 28.2 Å². The van der Waals surface area contributed by atoms with Crippen LogP contribution in [0.15, 0.2) is 60.1 Å². The van der Waals surface area contributed by atoms with Crippen molar-refractivity contribution in [2.45, 2.75) is 25.3 Å². The summed E-state index contributed by atoms with van der Waals surface area (Å²) in [6.45, 7) is 1.81. The van der Waals surface area contributed by atoms with Gasteiger partial charge in [0, 0.05) is 22.8 Å². The average molecular weight is 531 g/mol. The number of benzene rings is 2. The van der Waals surface area contributed by atoms with Crippen LogP contribution in [0.25, 0.3) is 11.3 Å². The first-order valence-electron chi connectivity index (χ1n) is 10.8. The number of methoxy groups -OCH3 is 1. The van der Waals surface area contributed by atoms with Crippen LogP contribution in [0.5, 0.6) is 0 Å². The van der Waals surface area contributed by atoms with E-state index in [1.165, 1.54) is 31.4 Å². The zero-order chi connectivity index (χ0) is 26.7. The molecule has 0 aliphatic rings. The maximum Gasteiger partial charge on any atom is 0.433 e. The standard InChI is InChI=1S/C25H21F3N4O4S/c1-13-9-16(11-17(10-13)30-24-29-8-7-19(32-24)25(26,27)28)18-12-37-22(31-18)21(34)20(33)14-3-5-15(6-4-14)23(35)36-2/h3-12,20-21,33-34H,1-2H3,(H,29,30,32). The molecule has 2 unspecified atom stereocenters. The Bertz CT molecular complexity index is 1410. The number of anilines is 2. The van der Waals surface area contributed by atoms with E-state index in [-0.39, 0.29) is 11.0 Å². The number of alkyl halides is 3. The number of nitrogens with one attached hydrogen (secondary N) is 1. The van der Waals surface area contributed by atoms with Gasteiger partial charge in [0.25, 0.3) is 0 Å². The van der Waals surface area contributed by atoms with Gasteiger partial charge in [-0.1, -0.05) is 12.1 Å². The van der Waals surface area contributed by atoms with E-state index in [0.29, 0.717) is 28.1 Å². The molecule has 3 N–H and O–H groups in total. The molecule has 2 aromatic carbocycles. The summed E-state index contributed by atoms with van der Waals surface area (Å²) >= 11 is 1.14. The molecule has 0 spiro atoms. The van der Waals surface area contributed by atoms with Crippen LogP contribution >= 0.6 is 11.3 Å². The van der Waals surface area contributed by atoms with E-state index >= 15 is 0 Å². The van der Waals surface area contributed by atoms with Crippen molar-refractivity contribution in [1.29, 1.82) is 0 Å². The molecule has 12 heteroatoms. The summed E-state index contributed by atoms with van der Waals surface area (Å²) in [5.74, 6) is -0.722. The van der Waals surface area contributed by atoms with E-state index in [2.05, 4.69) is 25.0 Å². The van der Waals surface area contributed by atoms with Gasteiger partial charge in [-0.3, -0.25) is 0 Å². The molecule has 4 rings (SSSR count). The van der Waals surface area contributed by atoms with E-state index in [1.54, 1.807) is 17.5 Å². The van der Waals surface area contributed by atoms with E-state index in [4.69, 9.17) is 0 Å². The Hall–Kier alpha value is -3.87. The van der Waals surface area contributed by atoms with Crippen molar-refractivity contribution in [3.63, 3.8) is 0 Å². The Balaban J connectivity index is 1.53. The highest BCUT2D eigenvalue weighted by molar-refractivity contribution is 7.10. The lowest BCUT2D eigenvalue weighted by Crippen LogP contribution is -2.11. The lowest BCUT2D eigenvalue weighted by molar-refractivity contribution is -0.141. The number of aromatic nitrogens is 3. The fraction of sp³-hybridized carbons (Fsp3) is 0.200. The number of carbonyl (C=O) groups is 1. The Morgan fingerprint density at radius 1 is 1.05 bits per heavy atom. The maximum atomic E-state index is 13.0. The summed E-state index contributed by atoms with van der Waals surface area (Å²) in [4.78, 5) is 23.4. The van der Waals surface area contributed by atoms with Crippen LogP contribution < -0.4 is 5.32 Å². The topological polar surface area (TPSA) is 117 Å². The number of ether oxygens (including phenoxy) is 1. The number of esters is 1. The molecule has 0 saturated carbocycles. The molecule has 0 bridgehead atoms. The zero-order valence-corrected chi connectivity index (χ0v) is 20.3. The number of nitrogens with zero attached hydrogens (tertiary/aromatic N) is 3. The minimum absolute atomic E-state index is 0.206. The highest BCUT2D eigenvalue weighted by Crippen LogP contribution is 2.34. The first-order valence-corrected chi connectivity index (χ1v) is 11.7. The summed E-state index contributed by atoms with van der Waals surface area (Å²) in [6, 6.07) is 12.0. The average Bonchev–Trinajstić information content (AvgIpc) is 3.37. The minimum atomic E-state index is -4.59. The van der Waals surface area contributed by atoms with Crippen molar-refractivity contribution in [2.24, 2.45) is 0 Å². The number of aliphatic hydroxyl groups is 2. The number of aryl methyl sites for hydroxylation is 1. The van der Waals surface area contributed by atoms with Gasteiger partial charge >= 0.3 is 12.1 Å². The number of hydrogen-bond acceptors (Lipinski definition) is 9. The third-order valence-electron chi connectivity index (χ3n) is 5.32. The molecule has 37 heavy (non-hydrogen) atoms. The van der Waals surface area contributed by atoms with Crippen molar-refractivity contribution in [3.8, 4) is 11.3 Å². The molecule has 0 radical (unpaired) electrons. The summed E-state index contributed by atoms with van der Waals surface area (Å²) in [5, 5.41) is 26.1. The molecular weight excluding hydrogens is 509 g/mol. The lowest BCUT2D eigenvalue weighted by Gasteiger charge is -2.16. The predicted molar refractivity (Wildman–Crippen MR) is 130 cm³/mol. The highest BCUT2D eigenvalue weighted by Gasteiger charge is 2.32. The second-order valence-corrected chi connectivity index (χ2v) is 8.94. The van der Waals surface area contributed by atoms with Crippen LogP contribution in [0.4, 0.5) is 24.8 Å². The van der Waals surface area contributed by atoms with Crippen molar-refractivity contribution in [3.05, 3.63) is 87.5 Å². The third-order valence-corrected chi connectivity index (χ3v) is 6.24. The van der Waals surface area contributed by atoms with Gasteiger partial charge in [-0.2, -0.15) is 13.2 Å². The van der Waals surface area contributed by atoms with Gasteiger partial charge < -0.3 is 20.3 Å². The number of carbonyl (C=O) groups excluding carboxylic acids is 1. The smallest absolute Gasteiger partial charge is 0.433 e. The molecule has 2 aromatic heterocycles. The SMILES string of the molecule is COC(=O)c1ccc(C(O)C(O)c2nc(-c3cc(C)cc(Nc4nccc(C(F)(F)F)n4)c3)cs2)cc1. The maximum absolute atomic E-state index is 13.0. The van der Waals surface area contributed by atoms with Crippen LogP contribution in [0.2, 0.25) is 0 Å². The first-order chi connectivity index (χ1) is 17.5. The first kappa shape index (κ1) is 26.2. The van der Waals surface area contributed by atoms with Gasteiger partial charge in [-0.05, 0) is 54.4 Å². The number of halogens is 3.